The molecule has 0 radical (unpaired) electrons. The van der Waals surface area contributed by atoms with Gasteiger partial charge >= 0.3 is 0 Å². The lowest BCUT2D eigenvalue weighted by Gasteiger charge is -2.11. The number of carbonyl (C=O) groups excluding carboxylic acids is 2. The first-order chi connectivity index (χ1) is 22.1. The highest BCUT2D eigenvalue weighted by Gasteiger charge is 2.19. The molecule has 4 N–H and O–H groups in total. The third-order valence-electron chi connectivity index (χ3n) is 7.29. The van der Waals surface area contributed by atoms with Crippen LogP contribution in [-0.2, 0) is 0 Å². The minimum Gasteiger partial charge on any atom is -0.454 e. The van der Waals surface area contributed by atoms with Crippen LogP contribution in [0.25, 0.3) is 12.2 Å². The van der Waals surface area contributed by atoms with E-state index in [0.717, 1.165) is 22.5 Å². The molecule has 46 heavy (non-hydrogen) atoms. The molecule has 0 atom stereocenters. The molecule has 2 aliphatic rings. The molecule has 0 amide bonds. The molecule has 4 aromatic rings. The van der Waals surface area contributed by atoms with Gasteiger partial charge in [-0.25, -0.2) is 0 Å². The SMILES string of the molecule is CN(C)c1ccc(/C=C/C(=O)c2cc3c(cc2N)OCO3)cc1.CN(C)c1ccc(/C=C/C(=O)c2cc3c(cc2N)OCO3)cc1. The van der Waals surface area contributed by atoms with E-state index < -0.39 is 0 Å². The van der Waals surface area contributed by atoms with Gasteiger partial charge in [0.2, 0.25) is 13.6 Å². The Morgan fingerprint density at radius 1 is 0.565 bits per heavy atom. The Kier molecular flexibility index (Phi) is 9.47. The van der Waals surface area contributed by atoms with E-state index in [1.807, 2.05) is 86.5 Å². The molecule has 10 nitrogen and oxygen atoms in total. The predicted molar refractivity (Wildman–Crippen MR) is 182 cm³/mol. The Morgan fingerprint density at radius 2 is 0.891 bits per heavy atom. The van der Waals surface area contributed by atoms with Crippen molar-refractivity contribution < 1.29 is 28.5 Å². The lowest BCUT2D eigenvalue weighted by Crippen LogP contribution is -2.07. The maximum atomic E-state index is 12.3. The van der Waals surface area contributed by atoms with Gasteiger partial charge in [-0.05, 0) is 59.7 Å². The number of hydrogen-bond acceptors (Lipinski definition) is 10. The summed E-state index contributed by atoms with van der Waals surface area (Å²) in [7, 11) is 7.93. The highest BCUT2D eigenvalue weighted by molar-refractivity contribution is 6.11. The average Bonchev–Trinajstić information content (AvgIpc) is 3.71. The number of fused-ring (bicyclic) bond motifs is 2. The summed E-state index contributed by atoms with van der Waals surface area (Å²) >= 11 is 0. The molecule has 2 aliphatic heterocycles. The summed E-state index contributed by atoms with van der Waals surface area (Å²) in [6.07, 6.45) is 6.56. The quantitative estimate of drug-likeness (QED) is 0.139. The molecule has 2 heterocycles. The molecule has 0 unspecified atom stereocenters. The molecular weight excluding hydrogens is 584 g/mol. The number of hydrogen-bond donors (Lipinski definition) is 2. The zero-order chi connectivity index (χ0) is 32.8. The smallest absolute Gasteiger partial charge is 0.231 e. The van der Waals surface area contributed by atoms with Crippen molar-refractivity contribution in [1.82, 2.24) is 0 Å². The molecule has 6 rings (SSSR count). The minimum atomic E-state index is -0.169. The summed E-state index contributed by atoms with van der Waals surface area (Å²) < 4.78 is 21.0. The van der Waals surface area contributed by atoms with Gasteiger partial charge in [-0.2, -0.15) is 0 Å². The normalized spacial score (nSPS) is 12.6. The van der Waals surface area contributed by atoms with Crippen molar-refractivity contribution in [2.24, 2.45) is 0 Å². The summed E-state index contributed by atoms with van der Waals surface area (Å²) in [6.45, 7) is 0.307. The lowest BCUT2D eigenvalue weighted by molar-refractivity contribution is 0.104. The van der Waals surface area contributed by atoms with E-state index >= 15 is 0 Å². The van der Waals surface area contributed by atoms with Crippen LogP contribution in [0, 0.1) is 0 Å². The van der Waals surface area contributed by atoms with Crippen LogP contribution in [-0.4, -0.2) is 53.3 Å². The Labute approximate surface area is 268 Å². The van der Waals surface area contributed by atoms with Gasteiger partial charge in [-0.3, -0.25) is 9.59 Å². The number of benzene rings is 4. The number of nitrogens with two attached hydrogens (primary N) is 2. The second-order valence-electron chi connectivity index (χ2n) is 11.0. The van der Waals surface area contributed by atoms with Crippen molar-refractivity contribution in [3.8, 4) is 23.0 Å². The third-order valence-corrected chi connectivity index (χ3v) is 7.29. The first-order valence-corrected chi connectivity index (χ1v) is 14.5. The second kappa shape index (κ2) is 13.8. The Morgan fingerprint density at radius 3 is 1.22 bits per heavy atom. The van der Waals surface area contributed by atoms with Crippen molar-refractivity contribution in [3.63, 3.8) is 0 Å². The number of nitrogen functional groups attached to an aromatic ring is 2. The van der Waals surface area contributed by atoms with E-state index in [1.165, 1.54) is 12.2 Å². The van der Waals surface area contributed by atoms with Crippen LogP contribution in [0.5, 0.6) is 23.0 Å². The van der Waals surface area contributed by atoms with E-state index in [1.54, 1.807) is 36.4 Å². The molecule has 0 bridgehead atoms. The summed E-state index contributed by atoms with van der Waals surface area (Å²) in [5.74, 6) is 1.90. The van der Waals surface area contributed by atoms with Gasteiger partial charge in [-0.15, -0.1) is 0 Å². The monoisotopic (exact) mass is 620 g/mol. The highest BCUT2D eigenvalue weighted by atomic mass is 16.7. The van der Waals surface area contributed by atoms with Gasteiger partial charge in [0.15, 0.2) is 34.6 Å². The Balaban J connectivity index is 0.000000181. The van der Waals surface area contributed by atoms with E-state index in [2.05, 4.69) is 0 Å². The van der Waals surface area contributed by atoms with Gasteiger partial charge in [-0.1, -0.05) is 36.4 Å². The zero-order valence-electron chi connectivity index (χ0n) is 26.2. The predicted octanol–water partition coefficient (Wildman–Crippen LogP) is 5.92. The van der Waals surface area contributed by atoms with Gasteiger partial charge in [0.25, 0.3) is 0 Å². The van der Waals surface area contributed by atoms with Crippen LogP contribution < -0.4 is 40.2 Å². The molecule has 0 saturated carbocycles. The van der Waals surface area contributed by atoms with Crippen molar-refractivity contribution >= 4 is 46.5 Å². The standard InChI is InChI=1S/2C18H18N2O3/c2*1-20(2)13-6-3-12(4-7-13)5-8-16(21)14-9-17-18(10-15(14)19)23-11-22-17/h2*3-10H,11,19H2,1-2H3/b2*8-5+. The maximum absolute atomic E-state index is 12.3. The summed E-state index contributed by atoms with van der Waals surface area (Å²) in [5, 5.41) is 0. The number of ether oxygens (including phenoxy) is 4. The van der Waals surface area contributed by atoms with Crippen molar-refractivity contribution in [1.29, 1.82) is 0 Å². The molecule has 10 heteroatoms. The largest absolute Gasteiger partial charge is 0.454 e. The summed E-state index contributed by atoms with van der Waals surface area (Å²) in [4.78, 5) is 28.7. The minimum absolute atomic E-state index is 0.153. The van der Waals surface area contributed by atoms with E-state index in [9.17, 15) is 9.59 Å². The maximum Gasteiger partial charge on any atom is 0.231 e. The fourth-order valence-electron chi connectivity index (χ4n) is 4.63. The topological polar surface area (TPSA) is 130 Å². The molecule has 4 aromatic carbocycles. The van der Waals surface area contributed by atoms with Crippen LogP contribution in [0.1, 0.15) is 31.8 Å². The third kappa shape index (κ3) is 7.41. The lowest BCUT2D eigenvalue weighted by atomic mass is 10.1. The number of rotatable bonds is 8. The Hall–Kier alpha value is -5.90. The van der Waals surface area contributed by atoms with Crippen LogP contribution in [0.4, 0.5) is 22.7 Å². The van der Waals surface area contributed by atoms with E-state index in [-0.39, 0.29) is 25.2 Å². The van der Waals surface area contributed by atoms with Crippen molar-refractivity contribution in [2.45, 2.75) is 0 Å². The molecular formula is C36H36N4O6. The van der Waals surface area contributed by atoms with E-state index in [4.69, 9.17) is 30.4 Å². The van der Waals surface area contributed by atoms with E-state index in [0.29, 0.717) is 45.5 Å². The van der Waals surface area contributed by atoms with Crippen LogP contribution >= 0.6 is 0 Å². The first kappa shape index (κ1) is 31.5. The number of nitrogens with zero attached hydrogens (tertiary/aromatic N) is 2. The van der Waals surface area contributed by atoms with Crippen LogP contribution in [0.15, 0.2) is 84.9 Å². The van der Waals surface area contributed by atoms with Crippen LogP contribution in [0.2, 0.25) is 0 Å². The number of anilines is 4. The summed E-state index contributed by atoms with van der Waals surface area (Å²) in [6, 6.07) is 22.3. The fourth-order valence-corrected chi connectivity index (χ4v) is 4.63. The van der Waals surface area contributed by atoms with Crippen molar-refractivity contribution in [2.75, 3.05) is 63.0 Å². The van der Waals surface area contributed by atoms with Gasteiger partial charge in [0.05, 0.1) is 0 Å². The summed E-state index contributed by atoms with van der Waals surface area (Å²) in [5.41, 5.74) is 17.5. The number of carbonyl (C=O) groups is 2. The molecule has 0 saturated heterocycles. The van der Waals surface area contributed by atoms with Gasteiger partial charge in [0, 0.05) is 74.2 Å². The molecule has 0 aliphatic carbocycles. The fraction of sp³-hybridized carbons (Fsp3) is 0.167. The van der Waals surface area contributed by atoms with Gasteiger partial charge < -0.3 is 40.2 Å². The molecule has 236 valence electrons. The molecule has 0 spiro atoms. The Bertz CT molecular complexity index is 1660. The highest BCUT2D eigenvalue weighted by Crippen LogP contribution is 2.37. The second-order valence-corrected chi connectivity index (χ2v) is 11.0. The number of ketones is 2. The van der Waals surface area contributed by atoms with Gasteiger partial charge in [0.1, 0.15) is 0 Å². The zero-order valence-corrected chi connectivity index (χ0v) is 26.2. The average molecular weight is 621 g/mol. The van der Waals surface area contributed by atoms with Crippen LogP contribution in [0.3, 0.4) is 0 Å². The van der Waals surface area contributed by atoms with Crippen molar-refractivity contribution in [3.05, 3.63) is 107 Å². The molecule has 0 aromatic heterocycles. The molecule has 0 fully saturated rings. The number of allylic oxidation sites excluding steroid dienone is 2. The first-order valence-electron chi connectivity index (χ1n) is 14.5.